The molecule has 0 amide bonds. The van der Waals surface area contributed by atoms with Gasteiger partial charge in [-0.25, -0.2) is 0 Å². The molecule has 1 aromatic heterocycles. The first kappa shape index (κ1) is 17.6. The second-order valence-corrected chi connectivity index (χ2v) is 6.66. The van der Waals surface area contributed by atoms with Crippen LogP contribution in [0.1, 0.15) is 17.0 Å². The van der Waals surface area contributed by atoms with E-state index in [9.17, 15) is 15.4 Å². The third kappa shape index (κ3) is 2.61. The molecule has 10 heteroatoms. The van der Waals surface area contributed by atoms with Gasteiger partial charge < -0.3 is 19.9 Å². The highest BCUT2D eigenvalue weighted by Crippen LogP contribution is 2.47. The number of nitrogens with two attached hydrogens (primary N) is 1. The van der Waals surface area contributed by atoms with Crippen molar-refractivity contribution in [2.24, 2.45) is 5.73 Å². The van der Waals surface area contributed by atoms with Crippen LogP contribution in [-0.2, 0) is 0 Å². The van der Waals surface area contributed by atoms with E-state index in [1.165, 1.54) is 12.1 Å². The summed E-state index contributed by atoms with van der Waals surface area (Å²) in [7, 11) is 0. The molecule has 3 heterocycles. The minimum absolute atomic E-state index is 0.0300. The third-order valence-electron chi connectivity index (χ3n) is 5.04. The fourth-order valence-electron chi connectivity index (χ4n) is 3.64. The molecule has 0 saturated carbocycles. The van der Waals surface area contributed by atoms with Gasteiger partial charge in [0.15, 0.2) is 11.5 Å². The lowest BCUT2D eigenvalue weighted by molar-refractivity contribution is -0.384. The zero-order chi connectivity index (χ0) is 20.8. The number of allylic oxidation sites excluding steroid dienone is 1. The fourth-order valence-corrected chi connectivity index (χ4v) is 3.64. The molecule has 30 heavy (non-hydrogen) atoms. The molecule has 0 saturated heterocycles. The van der Waals surface area contributed by atoms with Crippen molar-refractivity contribution in [3.8, 4) is 34.7 Å². The number of aromatic amines is 1. The van der Waals surface area contributed by atoms with Crippen molar-refractivity contribution < 1.29 is 19.1 Å². The van der Waals surface area contributed by atoms with Crippen molar-refractivity contribution in [1.29, 1.82) is 5.26 Å². The zero-order valence-corrected chi connectivity index (χ0v) is 15.3. The Hall–Kier alpha value is -4.52. The molecule has 2 aliphatic heterocycles. The minimum Gasteiger partial charge on any atom is -0.454 e. The molecule has 0 radical (unpaired) electrons. The van der Waals surface area contributed by atoms with Crippen LogP contribution in [0.2, 0.25) is 0 Å². The summed E-state index contributed by atoms with van der Waals surface area (Å²) in [6, 6.07) is 13.5. The Morgan fingerprint density at radius 3 is 2.70 bits per heavy atom. The number of nitro groups is 1. The molecule has 5 rings (SSSR count). The summed E-state index contributed by atoms with van der Waals surface area (Å²) in [6.45, 7) is 0.126. The second kappa shape index (κ2) is 6.52. The van der Waals surface area contributed by atoms with Gasteiger partial charge in [0.2, 0.25) is 18.6 Å². The van der Waals surface area contributed by atoms with Crippen LogP contribution in [0.5, 0.6) is 17.4 Å². The maximum atomic E-state index is 11.0. The standard InChI is InChI=1S/C20H13N5O5/c21-8-13-16(11-3-6-14-15(7-11)29-9-28-14)17-18(23-24-20(17)30-19(13)22)10-1-4-12(5-2-10)25(26)27/h1-7,16H,9,22H2,(H,23,24)/t16-/m1/s1. The molecule has 3 aromatic rings. The van der Waals surface area contributed by atoms with Gasteiger partial charge in [0.05, 0.1) is 22.1 Å². The van der Waals surface area contributed by atoms with E-state index in [1.807, 2.05) is 6.07 Å². The van der Waals surface area contributed by atoms with Crippen molar-refractivity contribution in [1.82, 2.24) is 10.2 Å². The summed E-state index contributed by atoms with van der Waals surface area (Å²) in [4.78, 5) is 10.5. The number of hydrogen-bond acceptors (Lipinski definition) is 8. The Morgan fingerprint density at radius 2 is 1.97 bits per heavy atom. The number of ether oxygens (including phenoxy) is 3. The Bertz CT molecular complexity index is 1260. The van der Waals surface area contributed by atoms with Gasteiger partial charge in [0, 0.05) is 17.7 Å². The van der Waals surface area contributed by atoms with E-state index < -0.39 is 10.8 Å². The maximum absolute atomic E-state index is 11.0. The maximum Gasteiger partial charge on any atom is 0.269 e. The predicted molar refractivity (Wildman–Crippen MR) is 103 cm³/mol. The Balaban J connectivity index is 1.67. The molecule has 3 N–H and O–H groups in total. The number of nitro benzene ring substituents is 1. The lowest BCUT2D eigenvalue weighted by Crippen LogP contribution is -2.21. The van der Waals surface area contributed by atoms with Crippen molar-refractivity contribution in [3.63, 3.8) is 0 Å². The molecule has 1 atom stereocenters. The Morgan fingerprint density at radius 1 is 1.20 bits per heavy atom. The number of hydrogen-bond donors (Lipinski definition) is 2. The fraction of sp³-hybridized carbons (Fsp3) is 0.100. The average Bonchev–Trinajstić information content (AvgIpc) is 3.39. The monoisotopic (exact) mass is 403 g/mol. The van der Waals surface area contributed by atoms with Gasteiger partial charge >= 0.3 is 0 Å². The van der Waals surface area contributed by atoms with E-state index in [2.05, 4.69) is 16.3 Å². The predicted octanol–water partition coefficient (Wildman–Crippen LogP) is 2.93. The summed E-state index contributed by atoms with van der Waals surface area (Å²) in [5.74, 6) is 0.815. The lowest BCUT2D eigenvalue weighted by Gasteiger charge is -2.24. The topological polar surface area (TPSA) is 149 Å². The van der Waals surface area contributed by atoms with Crippen molar-refractivity contribution >= 4 is 5.69 Å². The molecule has 148 valence electrons. The Labute approximate surface area is 169 Å². The number of rotatable bonds is 3. The van der Waals surface area contributed by atoms with Crippen molar-refractivity contribution in [2.45, 2.75) is 5.92 Å². The number of aromatic nitrogens is 2. The Kier molecular flexibility index (Phi) is 3.82. The highest BCUT2D eigenvalue weighted by molar-refractivity contribution is 5.72. The summed E-state index contributed by atoms with van der Waals surface area (Å²) < 4.78 is 16.4. The van der Waals surface area contributed by atoms with Crippen LogP contribution in [0.25, 0.3) is 11.3 Å². The SMILES string of the molecule is N#CC1=C(N)Oc2n[nH]c(-c3ccc([N+](=O)[O-])cc3)c2[C@@H]1c1ccc2c(c1)OCO2. The summed E-state index contributed by atoms with van der Waals surface area (Å²) in [5, 5.41) is 27.8. The average molecular weight is 403 g/mol. The van der Waals surface area contributed by atoms with Crippen LogP contribution in [0, 0.1) is 21.4 Å². The van der Waals surface area contributed by atoms with E-state index in [4.69, 9.17) is 19.9 Å². The van der Waals surface area contributed by atoms with Crippen LogP contribution >= 0.6 is 0 Å². The molecular weight excluding hydrogens is 390 g/mol. The lowest BCUT2D eigenvalue weighted by atomic mass is 9.83. The quantitative estimate of drug-likeness (QED) is 0.501. The number of H-pyrrole nitrogens is 1. The van der Waals surface area contributed by atoms with Gasteiger partial charge in [-0.1, -0.05) is 6.07 Å². The van der Waals surface area contributed by atoms with Crippen LogP contribution in [0.15, 0.2) is 53.9 Å². The smallest absolute Gasteiger partial charge is 0.269 e. The molecule has 10 nitrogen and oxygen atoms in total. The number of nitriles is 1. The van der Waals surface area contributed by atoms with E-state index in [1.54, 1.807) is 24.3 Å². The molecule has 0 spiro atoms. The number of non-ortho nitro benzene ring substituents is 1. The zero-order valence-electron chi connectivity index (χ0n) is 15.3. The number of benzene rings is 2. The normalized spacial score (nSPS) is 16.6. The number of nitrogens with one attached hydrogen (secondary N) is 1. The van der Waals surface area contributed by atoms with Crippen LogP contribution in [-0.4, -0.2) is 21.9 Å². The van der Waals surface area contributed by atoms with Gasteiger partial charge in [-0.15, -0.1) is 5.10 Å². The first-order chi connectivity index (χ1) is 14.6. The van der Waals surface area contributed by atoms with Gasteiger partial charge in [-0.2, -0.15) is 5.26 Å². The van der Waals surface area contributed by atoms with E-state index in [0.29, 0.717) is 28.3 Å². The van der Waals surface area contributed by atoms with E-state index >= 15 is 0 Å². The highest BCUT2D eigenvalue weighted by Gasteiger charge is 2.36. The van der Waals surface area contributed by atoms with Crippen molar-refractivity contribution in [2.75, 3.05) is 6.79 Å². The van der Waals surface area contributed by atoms with E-state index in [-0.39, 0.29) is 29.8 Å². The summed E-state index contributed by atoms with van der Waals surface area (Å²) >= 11 is 0. The van der Waals surface area contributed by atoms with Gasteiger partial charge in [0.25, 0.3) is 5.69 Å². The molecule has 0 unspecified atom stereocenters. The van der Waals surface area contributed by atoms with Crippen molar-refractivity contribution in [3.05, 3.63) is 75.2 Å². The van der Waals surface area contributed by atoms with Gasteiger partial charge in [-0.05, 0) is 29.8 Å². The first-order valence-corrected chi connectivity index (χ1v) is 8.87. The van der Waals surface area contributed by atoms with Crippen LogP contribution in [0.4, 0.5) is 5.69 Å². The molecular formula is C20H13N5O5. The molecule has 2 aliphatic rings. The molecule has 2 aromatic carbocycles. The van der Waals surface area contributed by atoms with Crippen LogP contribution < -0.4 is 19.9 Å². The molecule has 0 bridgehead atoms. The molecule has 0 aliphatic carbocycles. The largest absolute Gasteiger partial charge is 0.454 e. The third-order valence-corrected chi connectivity index (χ3v) is 5.04. The van der Waals surface area contributed by atoms with Gasteiger partial charge in [-0.3, -0.25) is 15.2 Å². The van der Waals surface area contributed by atoms with Crippen LogP contribution in [0.3, 0.4) is 0 Å². The highest BCUT2D eigenvalue weighted by atomic mass is 16.7. The second-order valence-electron chi connectivity index (χ2n) is 6.66. The summed E-state index contributed by atoms with van der Waals surface area (Å²) in [6.07, 6.45) is 0. The van der Waals surface area contributed by atoms with Gasteiger partial charge in [0.1, 0.15) is 11.6 Å². The number of nitrogens with zero attached hydrogens (tertiary/aromatic N) is 3. The molecule has 0 fully saturated rings. The van der Waals surface area contributed by atoms with E-state index in [0.717, 1.165) is 5.56 Å². The summed E-state index contributed by atoms with van der Waals surface area (Å²) in [5.41, 5.74) is 8.77. The first-order valence-electron chi connectivity index (χ1n) is 8.87. The minimum atomic E-state index is -0.572. The number of fused-ring (bicyclic) bond motifs is 2.